The molecule has 0 aliphatic heterocycles. The number of rotatable bonds is 4. The highest BCUT2D eigenvalue weighted by Crippen LogP contribution is 2.27. The molecule has 0 fully saturated rings. The van der Waals surface area contributed by atoms with Gasteiger partial charge >= 0.3 is 0 Å². The maximum absolute atomic E-state index is 11.2. The van der Waals surface area contributed by atoms with Crippen molar-refractivity contribution in [2.45, 2.75) is 19.8 Å². The van der Waals surface area contributed by atoms with E-state index in [9.17, 15) is 9.59 Å². The van der Waals surface area contributed by atoms with Crippen LogP contribution in [0.15, 0.2) is 35.1 Å². The summed E-state index contributed by atoms with van der Waals surface area (Å²) in [5.41, 5.74) is 2.82. The Kier molecular flexibility index (Phi) is 4.57. The fourth-order valence-corrected chi connectivity index (χ4v) is 2.09. The molecule has 0 saturated heterocycles. The predicted octanol–water partition coefficient (Wildman–Crippen LogP) is 2.85. The summed E-state index contributed by atoms with van der Waals surface area (Å²) < 4.78 is 0. The van der Waals surface area contributed by atoms with Crippen molar-refractivity contribution in [3.05, 3.63) is 46.2 Å². The van der Waals surface area contributed by atoms with Crippen molar-refractivity contribution in [3.8, 4) is 11.3 Å². The molecule has 2 N–H and O–H groups in total. The third-order valence-corrected chi connectivity index (χ3v) is 2.93. The Hall–Kier alpha value is -2.08. The van der Waals surface area contributed by atoms with Crippen LogP contribution in [0.3, 0.4) is 0 Å². The maximum atomic E-state index is 11.2. The first-order chi connectivity index (χ1) is 9.60. The molecule has 2 aromatic rings. The van der Waals surface area contributed by atoms with E-state index in [1.54, 1.807) is 6.07 Å². The third kappa shape index (κ3) is 3.48. The Morgan fingerprint density at radius 2 is 2.15 bits per heavy atom. The molecule has 0 atom stereocenters. The molecule has 1 amide bonds. The minimum atomic E-state index is -0.440. The summed E-state index contributed by atoms with van der Waals surface area (Å²) in [5, 5.41) is 8.60. The van der Waals surface area contributed by atoms with Crippen LogP contribution >= 0.6 is 12.6 Å². The molecule has 5 nitrogen and oxygen atoms in total. The lowest BCUT2D eigenvalue weighted by Crippen LogP contribution is -2.08. The first-order valence-corrected chi connectivity index (χ1v) is 6.74. The van der Waals surface area contributed by atoms with E-state index in [2.05, 4.69) is 35.1 Å². The van der Waals surface area contributed by atoms with Gasteiger partial charge in [0.25, 0.3) is 10.8 Å². The molecule has 104 valence electrons. The largest absolute Gasteiger partial charge is 0.316 e. The molecule has 0 unspecified atom stereocenters. The molecular formula is C14H15N3O2S. The zero-order valence-corrected chi connectivity index (χ0v) is 11.9. The Balaban J connectivity index is 2.47. The molecule has 0 aliphatic rings. The minimum absolute atomic E-state index is 0.267. The van der Waals surface area contributed by atoms with Crippen LogP contribution in [-0.2, 0) is 6.42 Å². The molecule has 0 aliphatic carbocycles. The zero-order valence-electron chi connectivity index (χ0n) is 11.0. The number of carbonyl (C=O) groups excluding carboxylic acids is 1. The Labute approximate surface area is 121 Å². The van der Waals surface area contributed by atoms with Gasteiger partial charge in [-0.3, -0.25) is 9.59 Å². The molecule has 0 saturated carbocycles. The number of benzene rings is 1. The van der Waals surface area contributed by atoms with E-state index in [4.69, 9.17) is 0 Å². The van der Waals surface area contributed by atoms with E-state index in [0.717, 1.165) is 24.0 Å². The number of aryl methyl sites for hydroxylation is 1. The molecule has 1 heterocycles. The lowest BCUT2D eigenvalue weighted by atomic mass is 10.0. The van der Waals surface area contributed by atoms with Crippen LogP contribution in [0.25, 0.3) is 11.3 Å². The highest BCUT2D eigenvalue weighted by atomic mass is 32.1. The predicted molar refractivity (Wildman–Crippen MR) is 82.3 cm³/mol. The summed E-state index contributed by atoms with van der Waals surface area (Å²) in [6.07, 6.45) is 1.94. The Morgan fingerprint density at radius 3 is 2.75 bits per heavy atom. The van der Waals surface area contributed by atoms with E-state index >= 15 is 0 Å². The van der Waals surface area contributed by atoms with Crippen LogP contribution in [0.5, 0.6) is 0 Å². The molecular weight excluding hydrogens is 274 g/mol. The van der Waals surface area contributed by atoms with Gasteiger partial charge in [-0.25, -0.2) is 5.10 Å². The summed E-state index contributed by atoms with van der Waals surface area (Å²) in [7, 11) is 0. The topological polar surface area (TPSA) is 74.8 Å². The normalized spacial score (nSPS) is 10.3. The SMILES string of the molecule is CCCc1ccc(-c2ccc(=O)[nH]n2)c(NC(=O)S)c1. The van der Waals surface area contributed by atoms with Crippen LogP contribution in [0, 0.1) is 0 Å². The number of carbonyl (C=O) groups is 1. The van der Waals surface area contributed by atoms with Crippen LogP contribution in [0.1, 0.15) is 18.9 Å². The fourth-order valence-electron chi connectivity index (χ4n) is 1.97. The van der Waals surface area contributed by atoms with Crippen LogP contribution in [0.2, 0.25) is 0 Å². The summed E-state index contributed by atoms with van der Waals surface area (Å²) in [5.74, 6) is 0. The first-order valence-electron chi connectivity index (χ1n) is 6.29. The zero-order chi connectivity index (χ0) is 14.5. The summed E-state index contributed by atoms with van der Waals surface area (Å²) in [6.45, 7) is 2.09. The van der Waals surface area contributed by atoms with E-state index in [0.29, 0.717) is 11.4 Å². The van der Waals surface area contributed by atoms with Crippen molar-refractivity contribution in [2.75, 3.05) is 5.32 Å². The summed E-state index contributed by atoms with van der Waals surface area (Å²) in [6, 6.07) is 8.78. The van der Waals surface area contributed by atoms with E-state index in [1.807, 2.05) is 18.2 Å². The van der Waals surface area contributed by atoms with Crippen molar-refractivity contribution >= 4 is 23.6 Å². The van der Waals surface area contributed by atoms with Gasteiger partial charge in [-0.1, -0.05) is 38.1 Å². The number of hydrogen-bond acceptors (Lipinski definition) is 3. The monoisotopic (exact) mass is 289 g/mol. The van der Waals surface area contributed by atoms with Gasteiger partial charge in [0.05, 0.1) is 11.4 Å². The number of aromatic nitrogens is 2. The quantitative estimate of drug-likeness (QED) is 0.758. The maximum Gasteiger partial charge on any atom is 0.280 e. The first kappa shape index (κ1) is 14.3. The van der Waals surface area contributed by atoms with Gasteiger partial charge in [-0.05, 0) is 24.1 Å². The van der Waals surface area contributed by atoms with Crippen LogP contribution in [-0.4, -0.2) is 15.4 Å². The van der Waals surface area contributed by atoms with Gasteiger partial charge in [0.1, 0.15) is 0 Å². The number of aromatic amines is 1. The van der Waals surface area contributed by atoms with Gasteiger partial charge in [0.2, 0.25) is 0 Å². The number of amides is 1. The number of nitrogens with one attached hydrogen (secondary N) is 2. The molecule has 20 heavy (non-hydrogen) atoms. The molecule has 6 heteroatoms. The molecule has 1 aromatic carbocycles. The molecule has 0 radical (unpaired) electrons. The third-order valence-electron chi connectivity index (χ3n) is 2.82. The standard InChI is InChI=1S/C14H15N3O2S/c1-2-3-9-4-5-10(12(8-9)15-14(19)20)11-6-7-13(18)17-16-11/h4-8H,2-3H2,1H3,(H,17,18)(H2,15,19,20). The average Bonchev–Trinajstić information content (AvgIpc) is 2.40. The number of nitrogens with zero attached hydrogens (tertiary/aromatic N) is 1. The van der Waals surface area contributed by atoms with Gasteiger partial charge in [0.15, 0.2) is 0 Å². The second kappa shape index (κ2) is 6.38. The van der Waals surface area contributed by atoms with Crippen molar-refractivity contribution in [3.63, 3.8) is 0 Å². The summed E-state index contributed by atoms with van der Waals surface area (Å²) in [4.78, 5) is 22.2. The number of anilines is 1. The number of thiol groups is 1. The lowest BCUT2D eigenvalue weighted by Gasteiger charge is -2.11. The van der Waals surface area contributed by atoms with Crippen molar-refractivity contribution in [2.24, 2.45) is 0 Å². The van der Waals surface area contributed by atoms with E-state index < -0.39 is 5.24 Å². The van der Waals surface area contributed by atoms with E-state index in [1.165, 1.54) is 6.07 Å². The van der Waals surface area contributed by atoms with Crippen molar-refractivity contribution in [1.29, 1.82) is 0 Å². The fraction of sp³-hybridized carbons (Fsp3) is 0.214. The van der Waals surface area contributed by atoms with Crippen molar-refractivity contribution < 1.29 is 4.79 Å². The minimum Gasteiger partial charge on any atom is -0.316 e. The van der Waals surface area contributed by atoms with Gasteiger partial charge < -0.3 is 5.32 Å². The van der Waals surface area contributed by atoms with Gasteiger partial charge in [0, 0.05) is 11.6 Å². The highest BCUT2D eigenvalue weighted by Gasteiger charge is 2.09. The Morgan fingerprint density at radius 1 is 1.35 bits per heavy atom. The molecule has 0 bridgehead atoms. The van der Waals surface area contributed by atoms with Crippen LogP contribution < -0.4 is 10.9 Å². The molecule has 2 rings (SSSR count). The van der Waals surface area contributed by atoms with Gasteiger partial charge in [-0.15, -0.1) is 0 Å². The molecule has 0 spiro atoms. The van der Waals surface area contributed by atoms with Crippen molar-refractivity contribution in [1.82, 2.24) is 10.2 Å². The van der Waals surface area contributed by atoms with E-state index in [-0.39, 0.29) is 5.56 Å². The second-order valence-electron chi connectivity index (χ2n) is 4.37. The number of H-pyrrole nitrogens is 1. The average molecular weight is 289 g/mol. The molecule has 1 aromatic heterocycles. The highest BCUT2D eigenvalue weighted by molar-refractivity contribution is 7.96. The Bertz CT molecular complexity index is 662. The van der Waals surface area contributed by atoms with Gasteiger partial charge in [-0.2, -0.15) is 5.10 Å². The summed E-state index contributed by atoms with van der Waals surface area (Å²) >= 11 is 3.74. The lowest BCUT2D eigenvalue weighted by molar-refractivity contribution is 0.270. The van der Waals surface area contributed by atoms with Crippen LogP contribution in [0.4, 0.5) is 10.5 Å². The second-order valence-corrected chi connectivity index (χ2v) is 4.77. The number of hydrogen-bond donors (Lipinski definition) is 3. The smallest absolute Gasteiger partial charge is 0.280 e.